The smallest absolute Gasteiger partial charge is 0.194 e. The van der Waals surface area contributed by atoms with Gasteiger partial charge >= 0.3 is 0 Å². The van der Waals surface area contributed by atoms with Gasteiger partial charge in [0.2, 0.25) is 0 Å². The predicted octanol–water partition coefficient (Wildman–Crippen LogP) is 18.5. The molecular formula is C79H63Cl2N7O. The minimum absolute atomic E-state index is 0.0978. The first-order valence-corrected chi connectivity index (χ1v) is 30.3. The second-order valence-electron chi connectivity index (χ2n) is 21.8. The first kappa shape index (κ1) is 58.9. The summed E-state index contributed by atoms with van der Waals surface area (Å²) in [5.41, 5.74) is 15.9. The van der Waals surface area contributed by atoms with Gasteiger partial charge in [-0.05, 0) is 120 Å². The summed E-state index contributed by atoms with van der Waals surface area (Å²) < 4.78 is 4.16. The Morgan fingerprint density at radius 1 is 0.404 bits per heavy atom. The zero-order valence-corrected chi connectivity index (χ0v) is 51.0. The van der Waals surface area contributed by atoms with Gasteiger partial charge in [-0.1, -0.05) is 254 Å². The number of hydrogen-bond donors (Lipinski definition) is 1. The molecule has 4 aromatic heterocycles. The van der Waals surface area contributed by atoms with E-state index in [0.29, 0.717) is 21.2 Å². The van der Waals surface area contributed by atoms with Crippen LogP contribution in [0.3, 0.4) is 0 Å². The molecule has 0 radical (unpaired) electrons. The summed E-state index contributed by atoms with van der Waals surface area (Å²) in [6.07, 6.45) is 9.85. The molecule has 0 aliphatic carbocycles. The van der Waals surface area contributed by atoms with Crippen molar-refractivity contribution in [2.24, 2.45) is 0 Å². The number of benzene rings is 9. The van der Waals surface area contributed by atoms with Crippen molar-refractivity contribution in [3.8, 4) is 22.5 Å². The third-order valence-electron chi connectivity index (χ3n) is 16.3. The third-order valence-corrected chi connectivity index (χ3v) is 16.8. The Kier molecular flexibility index (Phi) is 17.6. The van der Waals surface area contributed by atoms with Gasteiger partial charge < -0.3 is 5.32 Å². The van der Waals surface area contributed by atoms with Gasteiger partial charge in [-0.15, -0.1) is 0 Å². The fraction of sp³-hybridized carbons (Fsp3) is 0.0759. The summed E-state index contributed by atoms with van der Waals surface area (Å²) in [6.45, 7) is 6.21. The maximum atomic E-state index is 13.0. The SMILES string of the molecule is Cc1nn(C(c2ccccc2)(c2ccccc2)c2ccccc2)cc1-c1ccc(/C(=C\N[C@H](C)c2ccccc2)c2ccc(Cl)cc2)cn1.Cc1nn(C(c2ccccc2)(c2ccccc2)c2ccccc2)cc1-c1ccc(C(=O)c2ccc(Cl)cc2)cn1. The van der Waals surface area contributed by atoms with Crippen LogP contribution in [0, 0.1) is 13.8 Å². The molecule has 0 bridgehead atoms. The van der Waals surface area contributed by atoms with Crippen LogP contribution in [-0.4, -0.2) is 35.3 Å². The lowest BCUT2D eigenvalue weighted by molar-refractivity contribution is 0.103. The molecule has 0 amide bonds. The molecule has 0 unspecified atom stereocenters. The average molecular weight is 1200 g/mol. The molecule has 9 aromatic carbocycles. The number of halogens is 2. The highest BCUT2D eigenvalue weighted by Crippen LogP contribution is 2.44. The molecule has 0 fully saturated rings. The minimum Gasteiger partial charge on any atom is -0.384 e. The quantitative estimate of drug-likeness (QED) is 0.0722. The van der Waals surface area contributed by atoms with Gasteiger partial charge in [-0.25, -0.2) is 0 Å². The van der Waals surface area contributed by atoms with Crippen molar-refractivity contribution in [3.05, 3.63) is 399 Å². The number of aromatic nitrogens is 6. The highest BCUT2D eigenvalue weighted by Gasteiger charge is 2.41. The van der Waals surface area contributed by atoms with Crippen LogP contribution in [0.2, 0.25) is 10.0 Å². The van der Waals surface area contributed by atoms with Crippen molar-refractivity contribution >= 4 is 34.6 Å². The maximum Gasteiger partial charge on any atom is 0.194 e. The Balaban J connectivity index is 0.000000176. The lowest BCUT2D eigenvalue weighted by Gasteiger charge is -2.36. The Bertz CT molecular complexity index is 4280. The lowest BCUT2D eigenvalue weighted by atomic mass is 9.77. The Morgan fingerprint density at radius 2 is 0.719 bits per heavy atom. The molecule has 10 heteroatoms. The molecule has 0 spiro atoms. The Labute approximate surface area is 530 Å². The van der Waals surface area contributed by atoms with Gasteiger partial charge in [0.1, 0.15) is 11.1 Å². The molecule has 1 N–H and O–H groups in total. The van der Waals surface area contributed by atoms with Gasteiger partial charge in [0.25, 0.3) is 0 Å². The molecule has 13 rings (SSSR count). The summed E-state index contributed by atoms with van der Waals surface area (Å²) in [5, 5.41) is 15.2. The third kappa shape index (κ3) is 12.2. The van der Waals surface area contributed by atoms with Crippen LogP contribution in [0.5, 0.6) is 0 Å². The number of pyridine rings is 2. The fourth-order valence-corrected chi connectivity index (χ4v) is 12.1. The zero-order valence-electron chi connectivity index (χ0n) is 49.4. The number of ketones is 1. The van der Waals surface area contributed by atoms with E-state index in [1.54, 1.807) is 30.5 Å². The molecule has 4 heterocycles. The number of rotatable bonds is 17. The van der Waals surface area contributed by atoms with Crippen molar-refractivity contribution in [2.45, 2.75) is 37.9 Å². The second-order valence-corrected chi connectivity index (χ2v) is 22.7. The van der Waals surface area contributed by atoms with Crippen LogP contribution >= 0.6 is 23.2 Å². The van der Waals surface area contributed by atoms with E-state index in [1.165, 1.54) is 5.56 Å². The van der Waals surface area contributed by atoms with Gasteiger partial charge in [-0.3, -0.25) is 24.1 Å². The van der Waals surface area contributed by atoms with Gasteiger partial charge in [-0.2, -0.15) is 10.2 Å². The molecule has 1 atom stereocenters. The number of nitrogens with zero attached hydrogens (tertiary/aromatic N) is 6. The Hall–Kier alpha value is -10.5. The molecule has 89 heavy (non-hydrogen) atoms. The van der Waals surface area contributed by atoms with Crippen LogP contribution in [0.15, 0.2) is 316 Å². The summed E-state index contributed by atoms with van der Waals surface area (Å²) in [7, 11) is 0. The average Bonchev–Trinajstić information content (AvgIpc) is 1.87. The summed E-state index contributed by atoms with van der Waals surface area (Å²) in [5.74, 6) is -0.0978. The van der Waals surface area contributed by atoms with Gasteiger partial charge in [0.05, 0.1) is 22.8 Å². The monoisotopic (exact) mass is 1200 g/mol. The first-order chi connectivity index (χ1) is 43.6. The Morgan fingerprint density at radius 3 is 1.06 bits per heavy atom. The van der Waals surface area contributed by atoms with Crippen LogP contribution < -0.4 is 5.32 Å². The molecule has 0 saturated heterocycles. The number of carbonyl (C=O) groups is 1. The largest absolute Gasteiger partial charge is 0.384 e. The van der Waals surface area contributed by atoms with E-state index in [0.717, 1.165) is 84.0 Å². The van der Waals surface area contributed by atoms with Crippen LogP contribution in [0.25, 0.3) is 28.1 Å². The van der Waals surface area contributed by atoms with E-state index in [-0.39, 0.29) is 11.8 Å². The number of hydrogen-bond acceptors (Lipinski definition) is 6. The molecule has 0 saturated carbocycles. The topological polar surface area (TPSA) is 90.5 Å². The number of carbonyl (C=O) groups excluding carboxylic acids is 1. The standard InChI is InChI=1S/C44H37ClN4.C35H26ClN3O/c1-32(34-15-7-3-8-16-34)46-30-41(35-23-26-40(45)27-24-35)36-25-28-43(47-29-36)42-31-49(48-33(42)2)44(37-17-9-4-10-18-37,38-19-11-5-12-20-38)39-21-13-6-14-22-39;1-25-32(33-22-19-27(23-37-33)34(40)26-17-20-31(36)21-18-26)24-39(38-25)35(28-11-5-2-6-12-28,29-13-7-3-8-14-29)30-15-9-4-10-16-30/h3-32,46H,1-2H3;2-24H,1H3/b41-30-;/t32-;/m1./s1. The molecular weight excluding hydrogens is 1130 g/mol. The minimum atomic E-state index is -0.711. The van der Waals surface area contributed by atoms with Crippen LogP contribution in [0.1, 0.15) is 90.3 Å². The van der Waals surface area contributed by atoms with Crippen molar-refractivity contribution < 1.29 is 4.79 Å². The van der Waals surface area contributed by atoms with E-state index in [2.05, 4.69) is 248 Å². The first-order valence-electron chi connectivity index (χ1n) is 29.6. The van der Waals surface area contributed by atoms with E-state index >= 15 is 0 Å². The molecule has 13 aromatic rings. The van der Waals surface area contributed by atoms with Crippen molar-refractivity contribution in [3.63, 3.8) is 0 Å². The molecule has 8 nitrogen and oxygen atoms in total. The van der Waals surface area contributed by atoms with Gasteiger partial charge in [0, 0.05) is 80.5 Å². The lowest BCUT2D eigenvalue weighted by Crippen LogP contribution is -2.38. The van der Waals surface area contributed by atoms with Crippen molar-refractivity contribution in [2.75, 3.05) is 0 Å². The highest BCUT2D eigenvalue weighted by molar-refractivity contribution is 6.31. The van der Waals surface area contributed by atoms with E-state index < -0.39 is 11.1 Å². The summed E-state index contributed by atoms with van der Waals surface area (Å²) in [6, 6.07) is 96.4. The molecule has 0 aliphatic rings. The van der Waals surface area contributed by atoms with Crippen molar-refractivity contribution in [1.82, 2.24) is 34.8 Å². The second kappa shape index (κ2) is 26.6. The summed E-state index contributed by atoms with van der Waals surface area (Å²) >= 11 is 12.3. The molecule has 434 valence electrons. The summed E-state index contributed by atoms with van der Waals surface area (Å²) in [4.78, 5) is 22.7. The van der Waals surface area contributed by atoms with Gasteiger partial charge in [0.15, 0.2) is 5.78 Å². The van der Waals surface area contributed by atoms with E-state index in [4.69, 9.17) is 38.4 Å². The van der Waals surface area contributed by atoms with Crippen LogP contribution in [-0.2, 0) is 11.1 Å². The predicted molar refractivity (Wildman–Crippen MR) is 361 cm³/mol. The normalized spacial score (nSPS) is 11.9. The van der Waals surface area contributed by atoms with E-state index in [1.807, 2.05) is 78.5 Å². The number of aryl methyl sites for hydroxylation is 2. The molecule has 0 aliphatic heterocycles. The van der Waals surface area contributed by atoms with E-state index in [9.17, 15) is 4.79 Å². The zero-order chi connectivity index (χ0) is 61.2. The number of nitrogens with one attached hydrogen (secondary N) is 1. The fourth-order valence-electron chi connectivity index (χ4n) is 11.8. The highest BCUT2D eigenvalue weighted by atomic mass is 35.5. The van der Waals surface area contributed by atoms with Crippen molar-refractivity contribution in [1.29, 1.82) is 0 Å². The van der Waals surface area contributed by atoms with Crippen LogP contribution in [0.4, 0.5) is 0 Å². The maximum absolute atomic E-state index is 13.0.